The SMILES string of the molecule is Nc1cnc(Nc2ccc(F)cc2F)c(C(=O)O)c1. The molecule has 0 atom stereocenters. The van der Waals surface area contributed by atoms with Crippen molar-refractivity contribution in [3.63, 3.8) is 0 Å². The van der Waals surface area contributed by atoms with E-state index in [0.29, 0.717) is 6.07 Å². The van der Waals surface area contributed by atoms with E-state index < -0.39 is 17.6 Å². The minimum absolute atomic E-state index is 0.0767. The third-order valence-corrected chi connectivity index (χ3v) is 2.32. The number of pyridine rings is 1. The molecule has 1 heterocycles. The standard InChI is InChI=1S/C12H9F2N3O2/c13-6-1-2-10(9(14)3-6)17-11-8(12(18)19)4-7(15)5-16-11/h1-5H,15H2,(H,16,17)(H,18,19). The van der Waals surface area contributed by atoms with Crippen molar-refractivity contribution >= 4 is 23.2 Å². The van der Waals surface area contributed by atoms with Crippen molar-refractivity contribution in [1.82, 2.24) is 4.98 Å². The molecule has 0 spiro atoms. The number of hydrogen-bond donors (Lipinski definition) is 3. The number of halogens is 2. The zero-order valence-corrected chi connectivity index (χ0v) is 9.52. The van der Waals surface area contributed by atoms with E-state index in [1.165, 1.54) is 12.3 Å². The topological polar surface area (TPSA) is 88.2 Å². The summed E-state index contributed by atoms with van der Waals surface area (Å²) in [5.74, 6) is -2.92. The number of nitrogens with two attached hydrogens (primary N) is 1. The van der Waals surface area contributed by atoms with E-state index in [9.17, 15) is 13.6 Å². The van der Waals surface area contributed by atoms with Gasteiger partial charge in [0.1, 0.15) is 23.0 Å². The van der Waals surface area contributed by atoms with Crippen molar-refractivity contribution in [2.75, 3.05) is 11.1 Å². The number of carboxylic acid groups (broad SMARTS) is 1. The van der Waals surface area contributed by atoms with Gasteiger partial charge in [-0.1, -0.05) is 0 Å². The number of aromatic nitrogens is 1. The quantitative estimate of drug-likeness (QED) is 0.793. The van der Waals surface area contributed by atoms with Crippen LogP contribution in [0.5, 0.6) is 0 Å². The van der Waals surface area contributed by atoms with Gasteiger partial charge in [-0.3, -0.25) is 0 Å². The number of aromatic carboxylic acids is 1. The Hall–Kier alpha value is -2.70. The molecule has 7 heteroatoms. The van der Waals surface area contributed by atoms with Crippen molar-refractivity contribution in [3.8, 4) is 0 Å². The first-order chi connectivity index (χ1) is 8.97. The van der Waals surface area contributed by atoms with Gasteiger partial charge in [-0.15, -0.1) is 0 Å². The fourth-order valence-corrected chi connectivity index (χ4v) is 1.46. The maximum absolute atomic E-state index is 13.4. The van der Waals surface area contributed by atoms with Crippen LogP contribution >= 0.6 is 0 Å². The van der Waals surface area contributed by atoms with Gasteiger partial charge in [0.25, 0.3) is 0 Å². The van der Waals surface area contributed by atoms with Gasteiger partial charge in [0, 0.05) is 6.07 Å². The molecule has 5 nitrogen and oxygen atoms in total. The highest BCUT2D eigenvalue weighted by Gasteiger charge is 2.14. The minimum atomic E-state index is -1.26. The Bertz CT molecular complexity index is 647. The highest BCUT2D eigenvalue weighted by Crippen LogP contribution is 2.23. The molecular weight excluding hydrogens is 256 g/mol. The van der Waals surface area contributed by atoms with Gasteiger partial charge in [-0.2, -0.15) is 0 Å². The molecule has 19 heavy (non-hydrogen) atoms. The fourth-order valence-electron chi connectivity index (χ4n) is 1.46. The lowest BCUT2D eigenvalue weighted by atomic mass is 10.2. The van der Waals surface area contributed by atoms with Crippen LogP contribution in [0.4, 0.5) is 26.0 Å². The summed E-state index contributed by atoms with van der Waals surface area (Å²) in [6.07, 6.45) is 1.23. The third-order valence-electron chi connectivity index (χ3n) is 2.32. The summed E-state index contributed by atoms with van der Waals surface area (Å²) < 4.78 is 26.2. The van der Waals surface area contributed by atoms with E-state index >= 15 is 0 Å². The lowest BCUT2D eigenvalue weighted by molar-refractivity contribution is 0.0697. The predicted molar refractivity (Wildman–Crippen MR) is 65.2 cm³/mol. The van der Waals surface area contributed by atoms with Crippen LogP contribution in [0.3, 0.4) is 0 Å². The average molecular weight is 265 g/mol. The molecule has 1 aromatic carbocycles. The second kappa shape index (κ2) is 4.89. The maximum Gasteiger partial charge on any atom is 0.339 e. The van der Waals surface area contributed by atoms with Gasteiger partial charge in [-0.25, -0.2) is 18.6 Å². The summed E-state index contributed by atoms with van der Waals surface area (Å²) in [6.45, 7) is 0. The largest absolute Gasteiger partial charge is 0.478 e. The van der Waals surface area contributed by atoms with Crippen LogP contribution in [-0.4, -0.2) is 16.1 Å². The molecule has 4 N–H and O–H groups in total. The van der Waals surface area contributed by atoms with Crippen molar-refractivity contribution in [2.24, 2.45) is 0 Å². The Labute approximate surface area is 106 Å². The molecule has 2 aromatic rings. The maximum atomic E-state index is 13.4. The summed E-state index contributed by atoms with van der Waals surface area (Å²) >= 11 is 0. The van der Waals surface area contributed by atoms with Crippen LogP contribution in [0.1, 0.15) is 10.4 Å². The summed E-state index contributed by atoms with van der Waals surface area (Å²) in [5.41, 5.74) is 5.31. The Balaban J connectivity index is 2.40. The number of rotatable bonds is 3. The second-order valence-corrected chi connectivity index (χ2v) is 3.72. The molecule has 0 aliphatic carbocycles. The first kappa shape index (κ1) is 12.7. The Morgan fingerprint density at radius 3 is 2.68 bits per heavy atom. The first-order valence-corrected chi connectivity index (χ1v) is 5.18. The Morgan fingerprint density at radius 2 is 2.05 bits per heavy atom. The number of hydrogen-bond acceptors (Lipinski definition) is 4. The van der Waals surface area contributed by atoms with E-state index in [1.54, 1.807) is 0 Å². The molecule has 1 aromatic heterocycles. The number of anilines is 3. The van der Waals surface area contributed by atoms with Crippen LogP contribution in [0.25, 0.3) is 0 Å². The molecule has 0 bridgehead atoms. The summed E-state index contributed by atoms with van der Waals surface area (Å²) in [5, 5.41) is 11.5. The monoisotopic (exact) mass is 265 g/mol. The fraction of sp³-hybridized carbons (Fsp3) is 0. The molecule has 0 amide bonds. The highest BCUT2D eigenvalue weighted by molar-refractivity contribution is 5.94. The van der Waals surface area contributed by atoms with E-state index in [0.717, 1.165) is 12.1 Å². The van der Waals surface area contributed by atoms with Gasteiger partial charge >= 0.3 is 5.97 Å². The van der Waals surface area contributed by atoms with E-state index in [1.807, 2.05) is 0 Å². The van der Waals surface area contributed by atoms with E-state index in [-0.39, 0.29) is 22.8 Å². The number of nitrogen functional groups attached to an aromatic ring is 1. The van der Waals surface area contributed by atoms with E-state index in [2.05, 4.69) is 10.3 Å². The summed E-state index contributed by atoms with van der Waals surface area (Å²) in [4.78, 5) is 14.8. The van der Waals surface area contributed by atoms with Gasteiger partial charge in [0.05, 0.1) is 17.6 Å². The molecule has 0 radical (unpaired) electrons. The summed E-state index contributed by atoms with van der Waals surface area (Å²) in [7, 11) is 0. The van der Waals surface area contributed by atoms with Crippen molar-refractivity contribution in [2.45, 2.75) is 0 Å². The van der Waals surface area contributed by atoms with Crippen molar-refractivity contribution in [3.05, 3.63) is 47.7 Å². The molecule has 0 unspecified atom stereocenters. The number of benzene rings is 1. The number of carbonyl (C=O) groups is 1. The molecule has 0 saturated carbocycles. The van der Waals surface area contributed by atoms with Gasteiger partial charge < -0.3 is 16.2 Å². The number of nitrogens with zero attached hydrogens (tertiary/aromatic N) is 1. The van der Waals surface area contributed by atoms with Gasteiger partial charge in [-0.05, 0) is 18.2 Å². The van der Waals surface area contributed by atoms with Crippen molar-refractivity contribution < 1.29 is 18.7 Å². The lowest BCUT2D eigenvalue weighted by Crippen LogP contribution is -2.07. The molecule has 0 aliphatic heterocycles. The van der Waals surface area contributed by atoms with Crippen LogP contribution in [0.15, 0.2) is 30.5 Å². The smallest absolute Gasteiger partial charge is 0.339 e. The molecule has 98 valence electrons. The predicted octanol–water partition coefficient (Wildman–Crippen LogP) is 2.38. The van der Waals surface area contributed by atoms with Crippen molar-refractivity contribution in [1.29, 1.82) is 0 Å². The Morgan fingerprint density at radius 1 is 1.32 bits per heavy atom. The molecular formula is C12H9F2N3O2. The van der Waals surface area contributed by atoms with Crippen LogP contribution in [0, 0.1) is 11.6 Å². The first-order valence-electron chi connectivity index (χ1n) is 5.18. The molecule has 0 saturated heterocycles. The molecule has 0 aliphatic rings. The van der Waals surface area contributed by atoms with Crippen LogP contribution < -0.4 is 11.1 Å². The van der Waals surface area contributed by atoms with E-state index in [4.69, 9.17) is 10.8 Å². The van der Waals surface area contributed by atoms with Crippen LogP contribution in [-0.2, 0) is 0 Å². The molecule has 2 rings (SSSR count). The summed E-state index contributed by atoms with van der Waals surface area (Å²) in [6, 6.07) is 4.07. The minimum Gasteiger partial charge on any atom is -0.478 e. The normalized spacial score (nSPS) is 10.2. The van der Waals surface area contributed by atoms with Gasteiger partial charge in [0.15, 0.2) is 0 Å². The van der Waals surface area contributed by atoms with Crippen LogP contribution in [0.2, 0.25) is 0 Å². The molecule has 0 fully saturated rings. The zero-order valence-electron chi connectivity index (χ0n) is 9.52. The highest BCUT2D eigenvalue weighted by atomic mass is 19.1. The average Bonchev–Trinajstić information content (AvgIpc) is 2.34. The lowest BCUT2D eigenvalue weighted by Gasteiger charge is -2.09. The van der Waals surface area contributed by atoms with Gasteiger partial charge in [0.2, 0.25) is 0 Å². The second-order valence-electron chi connectivity index (χ2n) is 3.72. The number of nitrogens with one attached hydrogen (secondary N) is 1. The Kier molecular flexibility index (Phi) is 3.28. The zero-order chi connectivity index (χ0) is 14.0. The number of carboxylic acids is 1. The third kappa shape index (κ3) is 2.76.